The number of imide groups is 1. The first-order valence-electron chi connectivity index (χ1n) is 16.2. The molecule has 262 valence electrons. The highest BCUT2D eigenvalue weighted by atomic mass is 35.5. The standard InChI is InChI=1S/C37H34ClF4N3O5/c1-21(35(47)49-2)23-5-3-22(4-6-23)17-32(34(46)45(36(48)37(40,41)42)26-10-7-24(38)8-11-26)44-27-12-13-28(44)20-29(19-27)50-33-15-16-43-31-14-9-25(39)18-30(31)33/h3-11,14-16,18,21,27-29,32H,12-13,17,19-20H2,1-2H3. The molecule has 0 radical (unpaired) electrons. The molecule has 2 aliphatic heterocycles. The predicted octanol–water partition coefficient (Wildman–Crippen LogP) is 7.41. The number of carbonyl (C=O) groups is 3. The summed E-state index contributed by atoms with van der Waals surface area (Å²) in [6, 6.07) is 16.2. The number of esters is 1. The molecule has 13 heteroatoms. The zero-order chi connectivity index (χ0) is 35.7. The maximum atomic E-state index is 14.5. The lowest BCUT2D eigenvalue weighted by Crippen LogP contribution is -2.59. The zero-order valence-corrected chi connectivity index (χ0v) is 28.0. The molecule has 4 unspecified atom stereocenters. The highest BCUT2D eigenvalue weighted by Crippen LogP contribution is 2.41. The van der Waals surface area contributed by atoms with Crippen LogP contribution in [0.5, 0.6) is 5.75 Å². The fraction of sp³-hybridized carbons (Fsp3) is 0.351. The van der Waals surface area contributed by atoms with E-state index in [4.69, 9.17) is 21.1 Å². The van der Waals surface area contributed by atoms with E-state index in [9.17, 15) is 31.9 Å². The Hall–Kier alpha value is -4.55. The first-order chi connectivity index (χ1) is 23.8. The number of hydrogen-bond donors (Lipinski definition) is 0. The lowest BCUT2D eigenvalue weighted by Gasteiger charge is -2.44. The number of nitrogens with zero attached hydrogens (tertiary/aromatic N) is 3. The van der Waals surface area contributed by atoms with Crippen molar-refractivity contribution >= 4 is 46.0 Å². The van der Waals surface area contributed by atoms with Gasteiger partial charge in [-0.25, -0.2) is 9.29 Å². The van der Waals surface area contributed by atoms with Crippen molar-refractivity contribution in [2.24, 2.45) is 0 Å². The lowest BCUT2D eigenvalue weighted by molar-refractivity contribution is -0.172. The molecule has 3 aromatic carbocycles. The largest absolute Gasteiger partial charge is 0.490 e. The Labute approximate surface area is 290 Å². The lowest BCUT2D eigenvalue weighted by atomic mass is 9.92. The van der Waals surface area contributed by atoms with E-state index in [2.05, 4.69) is 4.98 Å². The van der Waals surface area contributed by atoms with E-state index in [0.717, 1.165) is 0 Å². The van der Waals surface area contributed by atoms with Gasteiger partial charge in [-0.15, -0.1) is 0 Å². The van der Waals surface area contributed by atoms with Gasteiger partial charge in [0.2, 0.25) is 0 Å². The van der Waals surface area contributed by atoms with Crippen LogP contribution in [0.4, 0.5) is 23.2 Å². The van der Waals surface area contributed by atoms with Gasteiger partial charge in [0.05, 0.1) is 30.3 Å². The molecule has 0 N–H and O–H groups in total. The third-order valence-corrected chi connectivity index (χ3v) is 9.81. The van der Waals surface area contributed by atoms with Crippen LogP contribution in [0.3, 0.4) is 0 Å². The Morgan fingerprint density at radius 3 is 2.26 bits per heavy atom. The number of aromatic nitrogens is 1. The highest BCUT2D eigenvalue weighted by Gasteiger charge is 2.51. The SMILES string of the molecule is COC(=O)C(C)c1ccc(CC(C(=O)N(C(=O)C(F)(F)F)c2ccc(Cl)cc2)N2C3CCC2CC(Oc2ccnc4ccc(F)cc24)C3)cc1. The molecule has 2 aliphatic rings. The van der Waals surface area contributed by atoms with E-state index in [0.29, 0.717) is 53.5 Å². The van der Waals surface area contributed by atoms with Gasteiger partial charge in [0, 0.05) is 28.7 Å². The van der Waals surface area contributed by atoms with Gasteiger partial charge in [-0.2, -0.15) is 13.2 Å². The van der Waals surface area contributed by atoms with E-state index in [1.807, 2.05) is 4.90 Å². The Bertz CT molecular complexity index is 1880. The van der Waals surface area contributed by atoms with Gasteiger partial charge in [0.15, 0.2) is 0 Å². The normalized spacial score (nSPS) is 20.3. The van der Waals surface area contributed by atoms with E-state index < -0.39 is 41.7 Å². The molecule has 4 aromatic rings. The Morgan fingerprint density at radius 2 is 1.64 bits per heavy atom. The molecule has 2 bridgehead atoms. The number of halogens is 5. The van der Waals surface area contributed by atoms with Gasteiger partial charge >= 0.3 is 18.1 Å². The van der Waals surface area contributed by atoms with Crippen molar-refractivity contribution in [2.75, 3.05) is 12.0 Å². The van der Waals surface area contributed by atoms with Crippen molar-refractivity contribution in [1.29, 1.82) is 0 Å². The van der Waals surface area contributed by atoms with E-state index in [-0.39, 0.29) is 40.2 Å². The third kappa shape index (κ3) is 7.32. The summed E-state index contributed by atoms with van der Waals surface area (Å²) in [4.78, 5) is 46.0. The van der Waals surface area contributed by atoms with Crippen LogP contribution >= 0.6 is 11.6 Å². The fourth-order valence-electron chi connectivity index (χ4n) is 7.15. The molecule has 50 heavy (non-hydrogen) atoms. The van der Waals surface area contributed by atoms with Gasteiger partial charge < -0.3 is 9.47 Å². The number of piperidine rings is 1. The summed E-state index contributed by atoms with van der Waals surface area (Å²) in [5.41, 5.74) is 1.61. The molecule has 0 aliphatic carbocycles. The molecule has 0 saturated carbocycles. The number of rotatable bonds is 9. The average Bonchev–Trinajstić information content (AvgIpc) is 3.35. The van der Waals surface area contributed by atoms with Crippen LogP contribution in [0.2, 0.25) is 5.02 Å². The smallest absolute Gasteiger partial charge is 0.472 e. The van der Waals surface area contributed by atoms with Crippen LogP contribution in [-0.4, -0.2) is 65.2 Å². The van der Waals surface area contributed by atoms with Crippen LogP contribution in [0, 0.1) is 5.82 Å². The van der Waals surface area contributed by atoms with Gasteiger partial charge in [0.1, 0.15) is 17.7 Å². The second kappa shape index (κ2) is 14.4. The summed E-state index contributed by atoms with van der Waals surface area (Å²) < 4.78 is 67.6. The Kier molecular flexibility index (Phi) is 10.1. The maximum Gasteiger partial charge on any atom is 0.472 e. The molecule has 6 rings (SSSR count). The Balaban J connectivity index is 1.33. The molecule has 2 amide bonds. The van der Waals surface area contributed by atoms with Crippen LogP contribution in [0.15, 0.2) is 79.0 Å². The maximum absolute atomic E-state index is 14.5. The van der Waals surface area contributed by atoms with Gasteiger partial charge in [0.25, 0.3) is 5.91 Å². The van der Waals surface area contributed by atoms with Crippen molar-refractivity contribution in [3.8, 4) is 5.75 Å². The highest BCUT2D eigenvalue weighted by molar-refractivity contribution is 6.30. The van der Waals surface area contributed by atoms with Crippen LogP contribution in [0.1, 0.15) is 49.7 Å². The minimum atomic E-state index is -5.34. The summed E-state index contributed by atoms with van der Waals surface area (Å²) in [6.07, 6.45) is -1.88. The van der Waals surface area contributed by atoms with E-state index in [1.54, 1.807) is 49.5 Å². The van der Waals surface area contributed by atoms with Gasteiger partial charge in [-0.05, 0) is 98.7 Å². The minimum absolute atomic E-state index is 0.00621. The van der Waals surface area contributed by atoms with E-state index in [1.165, 1.54) is 43.5 Å². The molecular formula is C37H34ClF4N3O5. The Morgan fingerprint density at radius 1 is 0.980 bits per heavy atom. The first kappa shape index (κ1) is 35.3. The molecule has 4 atom stereocenters. The van der Waals surface area contributed by atoms with Gasteiger partial charge in [-0.3, -0.25) is 24.3 Å². The average molecular weight is 712 g/mol. The number of methoxy groups -OCH3 is 1. The molecule has 8 nitrogen and oxygen atoms in total. The molecule has 3 heterocycles. The third-order valence-electron chi connectivity index (χ3n) is 9.56. The summed E-state index contributed by atoms with van der Waals surface area (Å²) >= 11 is 6.00. The number of pyridine rings is 1. The van der Waals surface area contributed by atoms with Crippen molar-refractivity contribution in [2.45, 2.75) is 75.4 Å². The molecule has 2 saturated heterocycles. The van der Waals surface area contributed by atoms with Crippen molar-refractivity contribution in [1.82, 2.24) is 9.88 Å². The topological polar surface area (TPSA) is 89.0 Å². The minimum Gasteiger partial charge on any atom is -0.490 e. The number of amides is 2. The van der Waals surface area contributed by atoms with Crippen molar-refractivity contribution in [3.05, 3.63) is 101 Å². The summed E-state index contributed by atoms with van der Waals surface area (Å²) in [7, 11) is 1.29. The number of ether oxygens (including phenoxy) is 2. The van der Waals surface area contributed by atoms with Crippen molar-refractivity contribution in [3.63, 3.8) is 0 Å². The van der Waals surface area contributed by atoms with Gasteiger partial charge in [-0.1, -0.05) is 35.9 Å². The summed E-state index contributed by atoms with van der Waals surface area (Å²) in [5, 5.41) is 0.743. The molecule has 1 aromatic heterocycles. The number of alkyl halides is 3. The zero-order valence-electron chi connectivity index (χ0n) is 27.2. The second-order valence-corrected chi connectivity index (χ2v) is 13.1. The predicted molar refractivity (Wildman–Crippen MR) is 178 cm³/mol. The van der Waals surface area contributed by atoms with E-state index >= 15 is 0 Å². The second-order valence-electron chi connectivity index (χ2n) is 12.7. The molecule has 0 spiro atoms. The summed E-state index contributed by atoms with van der Waals surface area (Å²) in [5.74, 6) is -4.28. The van der Waals surface area contributed by atoms with Crippen molar-refractivity contribution < 1.29 is 41.4 Å². The van der Waals surface area contributed by atoms with Crippen LogP contribution in [-0.2, 0) is 25.5 Å². The monoisotopic (exact) mass is 711 g/mol. The molecule has 2 fully saturated rings. The fourth-order valence-corrected chi connectivity index (χ4v) is 7.28. The number of carbonyl (C=O) groups excluding carboxylic acids is 3. The van der Waals surface area contributed by atoms with Crippen LogP contribution in [0.25, 0.3) is 10.9 Å². The summed E-state index contributed by atoms with van der Waals surface area (Å²) in [6.45, 7) is 1.69. The number of benzene rings is 3. The number of hydrogen-bond acceptors (Lipinski definition) is 7. The quantitative estimate of drug-likeness (QED) is 0.132. The first-order valence-corrected chi connectivity index (χ1v) is 16.6. The number of anilines is 1. The molecular weight excluding hydrogens is 678 g/mol. The number of fused-ring (bicyclic) bond motifs is 3. The van der Waals surface area contributed by atoms with Crippen LogP contribution < -0.4 is 9.64 Å².